The van der Waals surface area contributed by atoms with Crippen molar-refractivity contribution in [2.45, 2.75) is 6.61 Å². The molecule has 0 atom stereocenters. The van der Waals surface area contributed by atoms with E-state index in [1.807, 2.05) is 0 Å². The second kappa shape index (κ2) is 6.81. The number of ether oxygens (including phenoxy) is 1. The number of hydrogen-bond donors (Lipinski definition) is 1. The molecule has 0 aliphatic rings. The van der Waals surface area contributed by atoms with E-state index in [4.69, 9.17) is 33.7 Å². The van der Waals surface area contributed by atoms with Crippen molar-refractivity contribution in [1.29, 1.82) is 0 Å². The molecular weight excluding hydrogens is 335 g/mol. The third-order valence-electron chi connectivity index (χ3n) is 3.21. The average Bonchev–Trinajstić information content (AvgIpc) is 2.57. The summed E-state index contributed by atoms with van der Waals surface area (Å²) in [4.78, 5) is 12.1. The number of aromatic nitrogens is 3. The van der Waals surface area contributed by atoms with Crippen molar-refractivity contribution in [2.75, 3.05) is 5.73 Å². The van der Waals surface area contributed by atoms with Gasteiger partial charge in [0.05, 0.1) is 0 Å². The minimum atomic E-state index is 0.194. The maximum absolute atomic E-state index is 6.13. The van der Waals surface area contributed by atoms with Crippen LogP contribution in [0.25, 0.3) is 11.1 Å². The molecule has 2 aromatic heterocycles. The van der Waals surface area contributed by atoms with E-state index in [1.165, 1.54) is 6.33 Å². The molecule has 0 saturated heterocycles. The summed E-state index contributed by atoms with van der Waals surface area (Å²) in [7, 11) is 0. The number of nitrogens with two attached hydrogens (primary N) is 1. The Labute approximate surface area is 143 Å². The van der Waals surface area contributed by atoms with Crippen LogP contribution in [-0.2, 0) is 6.61 Å². The van der Waals surface area contributed by atoms with E-state index in [0.717, 1.165) is 11.1 Å². The zero-order valence-corrected chi connectivity index (χ0v) is 13.4. The highest BCUT2D eigenvalue weighted by Crippen LogP contribution is 2.29. The van der Waals surface area contributed by atoms with Crippen LogP contribution in [0.3, 0.4) is 0 Å². The van der Waals surface area contributed by atoms with Gasteiger partial charge in [-0.15, -0.1) is 0 Å². The first-order chi connectivity index (χ1) is 11.1. The molecule has 0 aliphatic heterocycles. The summed E-state index contributed by atoms with van der Waals surface area (Å²) < 4.78 is 5.75. The van der Waals surface area contributed by atoms with Crippen LogP contribution in [0.2, 0.25) is 10.0 Å². The molecule has 0 fully saturated rings. The van der Waals surface area contributed by atoms with Gasteiger partial charge in [-0.25, -0.2) is 15.0 Å². The molecule has 116 valence electrons. The summed E-state index contributed by atoms with van der Waals surface area (Å²) in [5, 5.41) is 1.08. The summed E-state index contributed by atoms with van der Waals surface area (Å²) in [6.07, 6.45) is 6.48. The predicted octanol–water partition coefficient (Wildman–Crippen LogP) is 4.01. The zero-order valence-electron chi connectivity index (χ0n) is 11.9. The molecular formula is C16H12Cl2N4O. The molecule has 2 heterocycles. The van der Waals surface area contributed by atoms with Gasteiger partial charge in [0.1, 0.15) is 12.9 Å². The van der Waals surface area contributed by atoms with Crippen LogP contribution < -0.4 is 10.5 Å². The third-order valence-corrected chi connectivity index (χ3v) is 3.92. The largest absolute Gasteiger partial charge is 0.485 e. The summed E-state index contributed by atoms with van der Waals surface area (Å²) in [5.74, 6) is 0.733. The van der Waals surface area contributed by atoms with Crippen molar-refractivity contribution in [3.63, 3.8) is 0 Å². The van der Waals surface area contributed by atoms with Crippen molar-refractivity contribution >= 4 is 29.0 Å². The van der Waals surface area contributed by atoms with E-state index in [1.54, 1.807) is 42.9 Å². The Morgan fingerprint density at radius 1 is 1.00 bits per heavy atom. The maximum Gasteiger partial charge on any atom is 0.166 e. The standard InChI is InChI=1S/C16H12Cl2N4O/c17-13-2-1-3-14(18)12(13)8-23-15-4-10(7-22-16(15)19)11-5-20-9-21-6-11/h1-7,9H,8H2,(H2,19,22). The van der Waals surface area contributed by atoms with Gasteiger partial charge in [-0.3, -0.25) is 0 Å². The SMILES string of the molecule is Nc1ncc(-c2cncnc2)cc1OCc1c(Cl)cccc1Cl. The fraction of sp³-hybridized carbons (Fsp3) is 0.0625. The Morgan fingerprint density at radius 2 is 1.70 bits per heavy atom. The van der Waals surface area contributed by atoms with E-state index in [9.17, 15) is 0 Å². The van der Waals surface area contributed by atoms with Gasteiger partial charge in [0, 0.05) is 45.3 Å². The molecule has 0 spiro atoms. The normalized spacial score (nSPS) is 10.5. The Hall–Kier alpha value is -2.37. The van der Waals surface area contributed by atoms with E-state index < -0.39 is 0 Å². The highest BCUT2D eigenvalue weighted by molar-refractivity contribution is 6.35. The molecule has 0 bridgehead atoms. The summed E-state index contributed by atoms with van der Waals surface area (Å²) in [6, 6.07) is 7.07. The Balaban J connectivity index is 1.86. The molecule has 5 nitrogen and oxygen atoms in total. The molecule has 23 heavy (non-hydrogen) atoms. The van der Waals surface area contributed by atoms with Crippen molar-refractivity contribution in [3.8, 4) is 16.9 Å². The van der Waals surface area contributed by atoms with Crippen LogP contribution in [0.4, 0.5) is 5.82 Å². The highest BCUT2D eigenvalue weighted by Gasteiger charge is 2.10. The highest BCUT2D eigenvalue weighted by atomic mass is 35.5. The quantitative estimate of drug-likeness (QED) is 0.772. The van der Waals surface area contributed by atoms with Crippen LogP contribution in [-0.4, -0.2) is 15.0 Å². The van der Waals surface area contributed by atoms with Gasteiger partial charge in [-0.1, -0.05) is 29.3 Å². The van der Waals surface area contributed by atoms with E-state index in [2.05, 4.69) is 15.0 Å². The first kappa shape index (κ1) is 15.5. The second-order valence-electron chi connectivity index (χ2n) is 4.72. The Morgan fingerprint density at radius 3 is 2.39 bits per heavy atom. The van der Waals surface area contributed by atoms with Gasteiger partial charge in [0.25, 0.3) is 0 Å². The zero-order chi connectivity index (χ0) is 16.2. The molecule has 7 heteroatoms. The first-order valence-electron chi connectivity index (χ1n) is 6.71. The summed E-state index contributed by atoms with van der Waals surface area (Å²) in [5.41, 5.74) is 8.20. The predicted molar refractivity (Wildman–Crippen MR) is 90.5 cm³/mol. The number of hydrogen-bond acceptors (Lipinski definition) is 5. The molecule has 0 radical (unpaired) electrons. The fourth-order valence-electron chi connectivity index (χ4n) is 2.00. The first-order valence-corrected chi connectivity index (χ1v) is 7.47. The van der Waals surface area contributed by atoms with Gasteiger partial charge >= 0.3 is 0 Å². The molecule has 0 aliphatic carbocycles. The van der Waals surface area contributed by atoms with E-state index >= 15 is 0 Å². The van der Waals surface area contributed by atoms with Crippen LogP contribution in [0, 0.1) is 0 Å². The summed E-state index contributed by atoms with van der Waals surface area (Å²) in [6.45, 7) is 0.194. The van der Waals surface area contributed by atoms with Crippen LogP contribution >= 0.6 is 23.2 Å². The number of nitrogen functional groups attached to an aromatic ring is 1. The van der Waals surface area contributed by atoms with Gasteiger partial charge in [0.15, 0.2) is 11.6 Å². The lowest BCUT2D eigenvalue weighted by molar-refractivity contribution is 0.307. The monoisotopic (exact) mass is 346 g/mol. The van der Waals surface area contributed by atoms with Crippen molar-refractivity contribution in [1.82, 2.24) is 15.0 Å². The van der Waals surface area contributed by atoms with Crippen molar-refractivity contribution in [3.05, 3.63) is 64.8 Å². The lowest BCUT2D eigenvalue weighted by Gasteiger charge is -2.12. The van der Waals surface area contributed by atoms with Crippen molar-refractivity contribution < 1.29 is 4.74 Å². The van der Waals surface area contributed by atoms with Gasteiger partial charge < -0.3 is 10.5 Å². The number of halogens is 2. The number of benzene rings is 1. The maximum atomic E-state index is 6.13. The van der Waals surface area contributed by atoms with E-state index in [-0.39, 0.29) is 12.4 Å². The summed E-state index contributed by atoms with van der Waals surface area (Å²) >= 11 is 12.3. The minimum absolute atomic E-state index is 0.194. The van der Waals surface area contributed by atoms with Crippen molar-refractivity contribution in [2.24, 2.45) is 0 Å². The Bertz CT molecular complexity index is 807. The number of nitrogens with zero attached hydrogens (tertiary/aromatic N) is 3. The number of anilines is 1. The molecule has 0 saturated carbocycles. The van der Waals surface area contributed by atoms with E-state index in [0.29, 0.717) is 21.4 Å². The lowest BCUT2D eigenvalue weighted by atomic mass is 10.1. The van der Waals surface area contributed by atoms with Crippen LogP contribution in [0.1, 0.15) is 5.56 Å². The number of pyridine rings is 1. The molecule has 0 amide bonds. The fourth-order valence-corrected chi connectivity index (χ4v) is 2.50. The molecule has 0 unspecified atom stereocenters. The lowest BCUT2D eigenvalue weighted by Crippen LogP contribution is -2.02. The minimum Gasteiger partial charge on any atom is -0.485 e. The van der Waals surface area contributed by atoms with Gasteiger partial charge in [0.2, 0.25) is 0 Å². The van der Waals surface area contributed by atoms with Gasteiger partial charge in [-0.2, -0.15) is 0 Å². The number of rotatable bonds is 4. The second-order valence-corrected chi connectivity index (χ2v) is 5.54. The third kappa shape index (κ3) is 3.52. The molecule has 2 N–H and O–H groups in total. The topological polar surface area (TPSA) is 73.9 Å². The molecule has 3 aromatic rings. The average molecular weight is 347 g/mol. The van der Waals surface area contributed by atoms with Crippen LogP contribution in [0.15, 0.2) is 49.2 Å². The Kier molecular flexibility index (Phi) is 4.60. The smallest absolute Gasteiger partial charge is 0.166 e. The molecule has 1 aromatic carbocycles. The van der Waals surface area contributed by atoms with Gasteiger partial charge in [-0.05, 0) is 18.2 Å². The molecule has 3 rings (SSSR count). The van der Waals surface area contributed by atoms with Crippen LogP contribution in [0.5, 0.6) is 5.75 Å².